The number of halogens is 3. The number of azo groups is 1. The Morgan fingerprint density at radius 1 is 0.953 bits per heavy atom. The lowest BCUT2D eigenvalue weighted by atomic mass is 10.1. The first-order valence-corrected chi connectivity index (χ1v) is 14.0. The lowest BCUT2D eigenvalue weighted by Crippen LogP contribution is -2.13. The molecule has 14 heteroatoms. The molecule has 2 N–H and O–H groups in total. The van der Waals surface area contributed by atoms with Crippen LogP contribution in [0.25, 0.3) is 27.9 Å². The van der Waals surface area contributed by atoms with Gasteiger partial charge in [0.05, 0.1) is 27.9 Å². The van der Waals surface area contributed by atoms with Crippen LogP contribution in [-0.2, 0) is 16.0 Å². The summed E-state index contributed by atoms with van der Waals surface area (Å²) in [6.07, 6.45) is -3.55. The Kier molecular flexibility index (Phi) is 6.57. The Bertz CT molecular complexity index is 2240. The molecule has 10 nitrogen and oxygen atoms in total. The smallest absolute Gasteiger partial charge is 0.416 e. The van der Waals surface area contributed by atoms with Gasteiger partial charge in [-0.2, -0.15) is 18.3 Å². The van der Waals surface area contributed by atoms with Gasteiger partial charge >= 0.3 is 11.8 Å². The second-order valence-corrected chi connectivity index (χ2v) is 11.4. The zero-order valence-corrected chi connectivity index (χ0v) is 22.9. The predicted molar refractivity (Wildman–Crippen MR) is 151 cm³/mol. The minimum Gasteiger partial charge on any atom is -0.422 e. The van der Waals surface area contributed by atoms with E-state index < -0.39 is 27.2 Å². The van der Waals surface area contributed by atoms with Crippen molar-refractivity contribution in [1.29, 1.82) is 0 Å². The highest BCUT2D eigenvalue weighted by molar-refractivity contribution is 7.91. The molecule has 6 aromatic rings. The van der Waals surface area contributed by atoms with Gasteiger partial charge in [0.25, 0.3) is 0 Å². The molecular weight excluding hydrogens is 585 g/mol. The summed E-state index contributed by atoms with van der Waals surface area (Å²) in [5.74, 6) is -0.264. The van der Waals surface area contributed by atoms with Crippen molar-refractivity contribution in [2.45, 2.75) is 22.9 Å². The first-order valence-electron chi connectivity index (χ1n) is 12.5. The Hall–Kier alpha value is -5.37. The van der Waals surface area contributed by atoms with Gasteiger partial charge in [-0.25, -0.2) is 22.7 Å². The molecule has 0 fully saturated rings. The maximum atomic E-state index is 13.9. The van der Waals surface area contributed by atoms with E-state index in [9.17, 15) is 26.4 Å². The molecule has 0 saturated heterocycles. The van der Waals surface area contributed by atoms with Gasteiger partial charge in [-0.05, 0) is 49.4 Å². The summed E-state index contributed by atoms with van der Waals surface area (Å²) in [5, 5.41) is 12.6. The molecule has 0 aliphatic rings. The fourth-order valence-corrected chi connectivity index (χ4v) is 5.83. The summed E-state index contributed by atoms with van der Waals surface area (Å²) in [6, 6.07) is 18.4. The van der Waals surface area contributed by atoms with Crippen LogP contribution in [0.1, 0.15) is 11.1 Å². The van der Waals surface area contributed by atoms with Crippen LogP contribution in [0.4, 0.5) is 30.4 Å². The molecular formula is C29H19F3N6O4S. The van der Waals surface area contributed by atoms with E-state index in [0.717, 1.165) is 28.4 Å². The Labute approximate surface area is 240 Å². The Morgan fingerprint density at radius 3 is 2.44 bits per heavy atom. The van der Waals surface area contributed by atoms with Gasteiger partial charge in [0.1, 0.15) is 16.2 Å². The maximum absolute atomic E-state index is 13.9. The molecule has 0 unspecified atom stereocenters. The van der Waals surface area contributed by atoms with Crippen LogP contribution in [0.15, 0.2) is 114 Å². The summed E-state index contributed by atoms with van der Waals surface area (Å²) in [6.45, 7) is 1.80. The fraction of sp³-hybridized carbons (Fsp3) is 0.0690. The van der Waals surface area contributed by atoms with E-state index >= 15 is 0 Å². The zero-order valence-electron chi connectivity index (χ0n) is 22.1. The van der Waals surface area contributed by atoms with Gasteiger partial charge in [0.2, 0.25) is 9.84 Å². The van der Waals surface area contributed by atoms with Crippen LogP contribution in [0.3, 0.4) is 0 Å². The highest BCUT2D eigenvalue weighted by Gasteiger charge is 2.31. The van der Waals surface area contributed by atoms with Crippen molar-refractivity contribution in [3.05, 3.63) is 107 Å². The van der Waals surface area contributed by atoms with E-state index in [2.05, 4.69) is 20.3 Å². The minimum atomic E-state index is -4.59. The molecule has 0 aliphatic carbocycles. The molecule has 0 amide bonds. The number of nitrogen functional groups attached to an aromatic ring is 1. The van der Waals surface area contributed by atoms with Crippen LogP contribution >= 0.6 is 0 Å². The molecule has 216 valence electrons. The van der Waals surface area contributed by atoms with Gasteiger partial charge in [0.15, 0.2) is 17.2 Å². The number of anilines is 1. The third kappa shape index (κ3) is 5.01. The lowest BCUT2D eigenvalue weighted by Gasteiger charge is -2.12. The second-order valence-electron chi connectivity index (χ2n) is 9.49. The number of hydrogen-bond donors (Lipinski definition) is 1. The number of sulfone groups is 1. The summed E-state index contributed by atoms with van der Waals surface area (Å²) < 4.78 is 73.8. The quantitative estimate of drug-likeness (QED) is 0.171. The van der Waals surface area contributed by atoms with Gasteiger partial charge < -0.3 is 10.2 Å². The van der Waals surface area contributed by atoms with Crippen molar-refractivity contribution in [2.24, 2.45) is 10.2 Å². The average molecular weight is 605 g/mol. The summed E-state index contributed by atoms with van der Waals surface area (Å²) in [4.78, 5) is 17.1. The van der Waals surface area contributed by atoms with Crippen molar-refractivity contribution >= 4 is 43.6 Å². The fourth-order valence-electron chi connectivity index (χ4n) is 4.44. The monoisotopic (exact) mass is 604 g/mol. The Morgan fingerprint density at radius 2 is 1.70 bits per heavy atom. The standard InChI is InChI=1S/C29H19F3N6O4S/c1-16-9-11-20(12-10-16)43(40,41)23-15-34-27-24(36-35-19-7-4-6-18(14-19)29(30,31)32)26(33)37-38(27)25(23)21-13-17-5-2-3-8-22(17)42-28(21)39/h2-15H,1H3,(H2,33,37). The van der Waals surface area contributed by atoms with E-state index in [1.54, 1.807) is 43.3 Å². The minimum absolute atomic E-state index is 0.0599. The van der Waals surface area contributed by atoms with Gasteiger partial charge in [-0.3, -0.25) is 0 Å². The third-order valence-electron chi connectivity index (χ3n) is 6.57. The van der Waals surface area contributed by atoms with E-state index in [-0.39, 0.29) is 49.5 Å². The largest absolute Gasteiger partial charge is 0.422 e. The summed E-state index contributed by atoms with van der Waals surface area (Å²) >= 11 is 0. The zero-order chi connectivity index (χ0) is 30.5. The number of para-hydroxylation sites is 1. The molecule has 0 spiro atoms. The lowest BCUT2D eigenvalue weighted by molar-refractivity contribution is -0.137. The van der Waals surface area contributed by atoms with Crippen molar-refractivity contribution in [3.63, 3.8) is 0 Å². The average Bonchev–Trinajstić information content (AvgIpc) is 3.30. The van der Waals surface area contributed by atoms with E-state index in [0.29, 0.717) is 5.39 Å². The van der Waals surface area contributed by atoms with E-state index in [4.69, 9.17) is 10.2 Å². The number of aromatic nitrogens is 3. The first-order chi connectivity index (χ1) is 20.4. The number of hydrogen-bond acceptors (Lipinski definition) is 9. The van der Waals surface area contributed by atoms with E-state index in [1.807, 2.05) is 0 Å². The second kappa shape index (κ2) is 10.2. The van der Waals surface area contributed by atoms with Crippen LogP contribution in [0.2, 0.25) is 0 Å². The number of aryl methyl sites for hydroxylation is 1. The first kappa shape index (κ1) is 27.8. The topological polar surface area (TPSA) is 145 Å². The normalized spacial score (nSPS) is 12.5. The van der Waals surface area contributed by atoms with Gasteiger partial charge in [-0.1, -0.05) is 42.0 Å². The predicted octanol–water partition coefficient (Wildman–Crippen LogP) is 6.66. The van der Waals surface area contributed by atoms with Gasteiger partial charge in [0, 0.05) is 5.39 Å². The van der Waals surface area contributed by atoms with Crippen molar-refractivity contribution in [3.8, 4) is 11.3 Å². The molecule has 3 heterocycles. The number of rotatable bonds is 5. The Balaban J connectivity index is 1.60. The molecule has 0 aliphatic heterocycles. The molecule has 6 rings (SSSR count). The van der Waals surface area contributed by atoms with Crippen molar-refractivity contribution in [1.82, 2.24) is 14.6 Å². The van der Waals surface area contributed by atoms with E-state index in [1.165, 1.54) is 30.3 Å². The van der Waals surface area contributed by atoms with Crippen LogP contribution in [-0.4, -0.2) is 23.0 Å². The van der Waals surface area contributed by atoms with Crippen molar-refractivity contribution in [2.75, 3.05) is 5.73 Å². The number of alkyl halides is 3. The number of benzene rings is 3. The molecule has 0 radical (unpaired) electrons. The highest BCUT2D eigenvalue weighted by Crippen LogP contribution is 2.37. The highest BCUT2D eigenvalue weighted by atomic mass is 32.2. The molecule has 3 aromatic carbocycles. The SMILES string of the molecule is Cc1ccc(S(=O)(=O)c2cnc3c(N=Nc4cccc(C(F)(F)F)c4)c(N)nn3c2-c2cc3ccccc3oc2=O)cc1. The van der Waals surface area contributed by atoms with Crippen LogP contribution in [0, 0.1) is 6.92 Å². The number of fused-ring (bicyclic) bond motifs is 2. The molecule has 3 aromatic heterocycles. The third-order valence-corrected chi connectivity index (χ3v) is 8.34. The molecule has 0 saturated carbocycles. The molecule has 0 atom stereocenters. The summed E-state index contributed by atoms with van der Waals surface area (Å²) in [5.41, 5.74) is 4.73. The summed E-state index contributed by atoms with van der Waals surface area (Å²) in [7, 11) is -4.28. The number of nitrogens with zero attached hydrogens (tertiary/aromatic N) is 5. The van der Waals surface area contributed by atoms with Crippen LogP contribution in [0.5, 0.6) is 0 Å². The van der Waals surface area contributed by atoms with Gasteiger partial charge in [-0.15, -0.1) is 10.2 Å². The maximum Gasteiger partial charge on any atom is 0.416 e. The molecule has 0 bridgehead atoms. The van der Waals surface area contributed by atoms with Crippen molar-refractivity contribution < 1.29 is 26.0 Å². The number of nitrogens with two attached hydrogens (primary N) is 1. The van der Waals surface area contributed by atoms with Crippen LogP contribution < -0.4 is 11.4 Å². The molecule has 43 heavy (non-hydrogen) atoms.